The van der Waals surface area contributed by atoms with Crippen LogP contribution in [0.4, 0.5) is 0 Å². The van der Waals surface area contributed by atoms with Gasteiger partial charge in [-0.05, 0) is 58.5 Å². The van der Waals surface area contributed by atoms with Gasteiger partial charge in [0.05, 0.1) is 14.2 Å². The predicted molar refractivity (Wildman–Crippen MR) is 125 cm³/mol. The lowest BCUT2D eigenvalue weighted by Gasteiger charge is -2.24. The molecule has 4 heteroatoms. The molecular weight excluding hydrogens is 386 g/mol. The maximum absolute atomic E-state index is 13.4. The van der Waals surface area contributed by atoms with Crippen molar-refractivity contribution in [3.05, 3.63) is 95.1 Å². The summed E-state index contributed by atoms with van der Waals surface area (Å²) in [7, 11) is 3.30. The van der Waals surface area contributed by atoms with Crippen LogP contribution in [0.3, 0.4) is 0 Å². The summed E-state index contributed by atoms with van der Waals surface area (Å²) in [6.07, 6.45) is 0. The van der Waals surface area contributed by atoms with Gasteiger partial charge in [-0.2, -0.15) is 0 Å². The molecule has 162 valence electrons. The number of carbonyl (C=O) groups excluding carboxylic acids is 1. The van der Waals surface area contributed by atoms with Gasteiger partial charge in [0.25, 0.3) is 5.91 Å². The number of hydrogen-bond acceptors (Lipinski definition) is 3. The van der Waals surface area contributed by atoms with Crippen molar-refractivity contribution >= 4 is 5.91 Å². The van der Waals surface area contributed by atoms with Crippen LogP contribution in [0.5, 0.6) is 11.5 Å². The highest BCUT2D eigenvalue weighted by Gasteiger charge is 2.19. The molecule has 31 heavy (non-hydrogen) atoms. The standard InChI is InChI=1S/C27H31NO3/c1-27(2,3)23-12-10-22(11-13-23)26(29)28(18-20-6-14-24(30-4)15-7-20)19-21-8-16-25(31-5)17-9-21/h6-17H,18-19H2,1-5H3. The molecule has 0 heterocycles. The van der Waals surface area contributed by atoms with Crippen LogP contribution < -0.4 is 9.47 Å². The molecule has 0 saturated carbocycles. The zero-order valence-corrected chi connectivity index (χ0v) is 19.0. The SMILES string of the molecule is COc1ccc(CN(Cc2ccc(OC)cc2)C(=O)c2ccc(C(C)(C)C)cc2)cc1. The third-order valence-electron chi connectivity index (χ3n) is 5.35. The van der Waals surface area contributed by atoms with Gasteiger partial charge in [0, 0.05) is 18.7 Å². The Morgan fingerprint density at radius 3 is 1.48 bits per heavy atom. The summed E-state index contributed by atoms with van der Waals surface area (Å²) in [5, 5.41) is 0. The van der Waals surface area contributed by atoms with Crippen molar-refractivity contribution in [3.8, 4) is 11.5 Å². The fourth-order valence-electron chi connectivity index (χ4n) is 3.40. The number of ether oxygens (including phenoxy) is 2. The van der Waals surface area contributed by atoms with Crippen LogP contribution in [-0.4, -0.2) is 25.0 Å². The van der Waals surface area contributed by atoms with E-state index in [1.807, 2.05) is 77.7 Å². The van der Waals surface area contributed by atoms with Crippen molar-refractivity contribution in [2.75, 3.05) is 14.2 Å². The summed E-state index contributed by atoms with van der Waals surface area (Å²) < 4.78 is 10.5. The molecule has 0 atom stereocenters. The van der Waals surface area contributed by atoms with Crippen LogP contribution in [0.25, 0.3) is 0 Å². The molecule has 0 spiro atoms. The van der Waals surface area contributed by atoms with E-state index in [9.17, 15) is 4.79 Å². The quantitative estimate of drug-likeness (QED) is 0.484. The molecule has 0 aliphatic rings. The summed E-state index contributed by atoms with van der Waals surface area (Å²) >= 11 is 0. The van der Waals surface area contributed by atoms with Crippen molar-refractivity contribution in [1.82, 2.24) is 4.90 Å². The van der Waals surface area contributed by atoms with Crippen LogP contribution in [0, 0.1) is 0 Å². The van der Waals surface area contributed by atoms with Gasteiger partial charge in [0.1, 0.15) is 11.5 Å². The molecule has 0 saturated heterocycles. The Labute approximate surface area is 185 Å². The van der Waals surface area contributed by atoms with Crippen molar-refractivity contribution < 1.29 is 14.3 Å². The second-order valence-corrected chi connectivity index (χ2v) is 8.68. The smallest absolute Gasteiger partial charge is 0.254 e. The van der Waals surface area contributed by atoms with Crippen molar-refractivity contribution in [2.45, 2.75) is 39.3 Å². The molecule has 0 radical (unpaired) electrons. The number of nitrogens with zero attached hydrogens (tertiary/aromatic N) is 1. The zero-order valence-electron chi connectivity index (χ0n) is 19.0. The second-order valence-electron chi connectivity index (χ2n) is 8.68. The van der Waals surface area contributed by atoms with E-state index in [2.05, 4.69) is 20.8 Å². The average Bonchev–Trinajstić information content (AvgIpc) is 2.78. The van der Waals surface area contributed by atoms with E-state index in [0.29, 0.717) is 18.7 Å². The highest BCUT2D eigenvalue weighted by Crippen LogP contribution is 2.24. The first-order chi connectivity index (χ1) is 14.8. The van der Waals surface area contributed by atoms with Gasteiger partial charge in [-0.3, -0.25) is 4.79 Å². The fraction of sp³-hybridized carbons (Fsp3) is 0.296. The molecule has 0 bridgehead atoms. The minimum absolute atomic E-state index is 0.00657. The van der Waals surface area contributed by atoms with E-state index in [0.717, 1.165) is 22.6 Å². The average molecular weight is 418 g/mol. The lowest BCUT2D eigenvalue weighted by atomic mass is 9.86. The fourth-order valence-corrected chi connectivity index (χ4v) is 3.40. The van der Waals surface area contributed by atoms with Crippen LogP contribution in [0.1, 0.15) is 47.8 Å². The molecule has 0 aliphatic carbocycles. The molecule has 1 amide bonds. The molecule has 3 rings (SSSR count). The Morgan fingerprint density at radius 1 is 0.710 bits per heavy atom. The first-order valence-corrected chi connectivity index (χ1v) is 10.5. The Hall–Kier alpha value is -3.27. The van der Waals surface area contributed by atoms with Crippen molar-refractivity contribution in [1.29, 1.82) is 0 Å². The van der Waals surface area contributed by atoms with Crippen LogP contribution in [0.2, 0.25) is 0 Å². The Kier molecular flexibility index (Phi) is 7.01. The number of amides is 1. The van der Waals surface area contributed by atoms with Gasteiger partial charge >= 0.3 is 0 Å². The van der Waals surface area contributed by atoms with Gasteiger partial charge in [0.15, 0.2) is 0 Å². The Balaban J connectivity index is 1.86. The molecule has 0 fully saturated rings. The number of hydrogen-bond donors (Lipinski definition) is 0. The third kappa shape index (κ3) is 5.88. The molecular formula is C27H31NO3. The van der Waals surface area contributed by atoms with Gasteiger partial charge in [0.2, 0.25) is 0 Å². The summed E-state index contributed by atoms with van der Waals surface area (Å²) in [6, 6.07) is 23.6. The molecule has 0 unspecified atom stereocenters. The monoisotopic (exact) mass is 417 g/mol. The highest BCUT2D eigenvalue weighted by atomic mass is 16.5. The molecule has 0 N–H and O–H groups in total. The largest absolute Gasteiger partial charge is 0.497 e. The summed E-state index contributed by atoms with van der Waals surface area (Å²) in [5.74, 6) is 1.61. The molecule has 0 aromatic heterocycles. The molecule has 4 nitrogen and oxygen atoms in total. The highest BCUT2D eigenvalue weighted by molar-refractivity contribution is 5.94. The van der Waals surface area contributed by atoms with Crippen LogP contribution >= 0.6 is 0 Å². The van der Waals surface area contributed by atoms with Crippen molar-refractivity contribution in [3.63, 3.8) is 0 Å². The van der Waals surface area contributed by atoms with E-state index < -0.39 is 0 Å². The van der Waals surface area contributed by atoms with E-state index in [1.165, 1.54) is 5.56 Å². The lowest BCUT2D eigenvalue weighted by molar-refractivity contribution is 0.0730. The maximum Gasteiger partial charge on any atom is 0.254 e. The number of benzene rings is 3. The first-order valence-electron chi connectivity index (χ1n) is 10.5. The van der Waals surface area contributed by atoms with Gasteiger partial charge in [-0.25, -0.2) is 0 Å². The Bertz CT molecular complexity index is 935. The molecule has 3 aromatic carbocycles. The van der Waals surface area contributed by atoms with Crippen LogP contribution in [0.15, 0.2) is 72.8 Å². The third-order valence-corrected chi connectivity index (χ3v) is 5.35. The predicted octanol–water partition coefficient (Wildman–Crippen LogP) is 5.84. The topological polar surface area (TPSA) is 38.8 Å². The number of rotatable bonds is 7. The van der Waals surface area contributed by atoms with E-state index in [1.54, 1.807) is 14.2 Å². The van der Waals surface area contributed by atoms with Gasteiger partial charge in [-0.1, -0.05) is 57.2 Å². The second kappa shape index (κ2) is 9.69. The van der Waals surface area contributed by atoms with E-state index in [-0.39, 0.29) is 11.3 Å². The van der Waals surface area contributed by atoms with Gasteiger partial charge < -0.3 is 14.4 Å². The zero-order chi connectivity index (χ0) is 22.4. The summed E-state index contributed by atoms with van der Waals surface area (Å²) in [4.78, 5) is 15.3. The molecule has 0 aliphatic heterocycles. The number of carbonyl (C=O) groups is 1. The maximum atomic E-state index is 13.4. The van der Waals surface area contributed by atoms with E-state index >= 15 is 0 Å². The van der Waals surface area contributed by atoms with Gasteiger partial charge in [-0.15, -0.1) is 0 Å². The Morgan fingerprint density at radius 2 is 1.13 bits per heavy atom. The van der Waals surface area contributed by atoms with Crippen molar-refractivity contribution in [2.24, 2.45) is 0 Å². The normalized spacial score (nSPS) is 11.1. The minimum atomic E-state index is 0.00657. The first kappa shape index (κ1) is 22.4. The van der Waals surface area contributed by atoms with Crippen LogP contribution in [-0.2, 0) is 18.5 Å². The minimum Gasteiger partial charge on any atom is -0.497 e. The summed E-state index contributed by atoms with van der Waals surface area (Å²) in [6.45, 7) is 7.53. The lowest BCUT2D eigenvalue weighted by Crippen LogP contribution is -2.30. The molecule has 3 aromatic rings. The summed E-state index contributed by atoms with van der Waals surface area (Å²) in [5.41, 5.74) is 4.05. The van der Waals surface area contributed by atoms with E-state index in [4.69, 9.17) is 9.47 Å². The number of methoxy groups -OCH3 is 2.